The number of hydrogen-bond donors (Lipinski definition) is 0. The smallest absolute Gasteiger partial charge is 0.255 e. The summed E-state index contributed by atoms with van der Waals surface area (Å²) in [5, 5.41) is 0. The van der Waals surface area contributed by atoms with Crippen molar-refractivity contribution >= 4 is 5.91 Å². The summed E-state index contributed by atoms with van der Waals surface area (Å²) in [5.41, 5.74) is 2.35. The van der Waals surface area contributed by atoms with Crippen molar-refractivity contribution in [1.29, 1.82) is 0 Å². The van der Waals surface area contributed by atoms with Crippen molar-refractivity contribution in [3.05, 3.63) is 71.9 Å². The summed E-state index contributed by atoms with van der Waals surface area (Å²) in [7, 11) is 0. The number of amides is 1. The van der Waals surface area contributed by atoms with Gasteiger partial charge in [-0.1, -0.05) is 24.6 Å². The molecule has 2 aromatic heterocycles. The molecule has 1 unspecified atom stereocenters. The molecule has 2 saturated heterocycles. The Labute approximate surface area is 186 Å². The lowest BCUT2D eigenvalue weighted by molar-refractivity contribution is -0.0674. The molecule has 1 amide bonds. The number of benzene rings is 1. The molecular formula is C25H25FN4O2. The molecule has 6 rings (SSSR count). The van der Waals surface area contributed by atoms with E-state index in [2.05, 4.69) is 21.9 Å². The number of piperidine rings is 2. The van der Waals surface area contributed by atoms with Crippen LogP contribution in [0.3, 0.4) is 0 Å². The summed E-state index contributed by atoms with van der Waals surface area (Å²) in [6.07, 6.45) is 6.53. The van der Waals surface area contributed by atoms with Crippen LogP contribution in [0.2, 0.25) is 0 Å². The predicted octanol–water partition coefficient (Wildman–Crippen LogP) is 4.30. The van der Waals surface area contributed by atoms with Gasteiger partial charge in [-0.25, -0.2) is 19.3 Å². The van der Waals surface area contributed by atoms with E-state index in [1.54, 1.807) is 18.5 Å². The van der Waals surface area contributed by atoms with Gasteiger partial charge in [0.25, 0.3) is 5.91 Å². The summed E-state index contributed by atoms with van der Waals surface area (Å²) in [4.78, 5) is 28.7. The molecule has 0 spiro atoms. The number of pyridine rings is 1. The van der Waals surface area contributed by atoms with Crippen LogP contribution in [0.15, 0.2) is 55.0 Å². The van der Waals surface area contributed by atoms with E-state index >= 15 is 0 Å². The number of aryl methyl sites for hydroxylation is 1. The highest BCUT2D eigenvalue weighted by atomic mass is 19.1. The van der Waals surface area contributed by atoms with Gasteiger partial charge in [0.2, 0.25) is 5.88 Å². The Morgan fingerprint density at radius 3 is 2.66 bits per heavy atom. The van der Waals surface area contributed by atoms with Gasteiger partial charge in [0.05, 0.1) is 17.8 Å². The number of aromatic nitrogens is 3. The zero-order valence-corrected chi connectivity index (χ0v) is 18.1. The van der Waals surface area contributed by atoms with Crippen molar-refractivity contribution in [2.75, 3.05) is 6.61 Å². The molecule has 2 bridgehead atoms. The molecular weight excluding hydrogens is 407 g/mol. The van der Waals surface area contributed by atoms with Crippen molar-refractivity contribution in [2.45, 2.75) is 38.8 Å². The van der Waals surface area contributed by atoms with E-state index in [-0.39, 0.29) is 18.0 Å². The molecule has 2 aliphatic heterocycles. The Morgan fingerprint density at radius 2 is 1.94 bits per heavy atom. The maximum absolute atomic E-state index is 13.9. The Bertz CT molecular complexity index is 1120. The minimum Gasteiger partial charge on any atom is -0.475 e. The maximum Gasteiger partial charge on any atom is 0.255 e. The van der Waals surface area contributed by atoms with Gasteiger partial charge in [0, 0.05) is 30.1 Å². The molecule has 1 aromatic carbocycles. The van der Waals surface area contributed by atoms with Crippen LogP contribution >= 0.6 is 0 Å². The minimum absolute atomic E-state index is 0.0215. The van der Waals surface area contributed by atoms with Gasteiger partial charge >= 0.3 is 0 Å². The van der Waals surface area contributed by atoms with Crippen LogP contribution in [0.5, 0.6) is 5.88 Å². The first-order valence-electron chi connectivity index (χ1n) is 11.0. The number of fused-ring (bicyclic) bond motifs is 2. The van der Waals surface area contributed by atoms with Crippen LogP contribution in [-0.4, -0.2) is 44.4 Å². The van der Waals surface area contributed by atoms with Crippen LogP contribution < -0.4 is 4.74 Å². The fourth-order valence-corrected chi connectivity index (χ4v) is 4.90. The molecule has 0 radical (unpaired) electrons. The number of rotatable bonds is 5. The Hall–Kier alpha value is -3.35. The molecule has 3 fully saturated rings. The molecule has 0 N–H and O–H groups in total. The van der Waals surface area contributed by atoms with Crippen molar-refractivity contribution in [1.82, 2.24) is 19.9 Å². The lowest BCUT2D eigenvalue weighted by Crippen LogP contribution is -2.64. The van der Waals surface area contributed by atoms with Crippen LogP contribution in [0.4, 0.5) is 4.39 Å². The second kappa shape index (κ2) is 8.30. The summed E-state index contributed by atoms with van der Waals surface area (Å²) in [5.74, 6) is 1.36. The monoisotopic (exact) mass is 432 g/mol. The van der Waals surface area contributed by atoms with Crippen molar-refractivity contribution < 1.29 is 13.9 Å². The fourth-order valence-electron chi connectivity index (χ4n) is 4.90. The lowest BCUT2D eigenvalue weighted by atomic mass is 9.64. The van der Waals surface area contributed by atoms with Gasteiger partial charge < -0.3 is 9.64 Å². The van der Waals surface area contributed by atoms with Crippen LogP contribution in [-0.2, 0) is 0 Å². The van der Waals surface area contributed by atoms with Gasteiger partial charge in [-0.2, -0.15) is 0 Å². The average molecular weight is 432 g/mol. The number of nitrogens with zero attached hydrogens (tertiary/aromatic N) is 4. The zero-order valence-electron chi connectivity index (χ0n) is 18.1. The Morgan fingerprint density at radius 1 is 1.16 bits per heavy atom. The van der Waals surface area contributed by atoms with Crippen LogP contribution in [0, 0.1) is 24.6 Å². The molecule has 3 aromatic rings. The van der Waals surface area contributed by atoms with E-state index in [9.17, 15) is 9.18 Å². The molecule has 1 saturated carbocycles. The van der Waals surface area contributed by atoms with Crippen molar-refractivity contribution in [3.63, 3.8) is 0 Å². The van der Waals surface area contributed by atoms with Crippen molar-refractivity contribution in [2.24, 2.45) is 11.8 Å². The van der Waals surface area contributed by atoms with Gasteiger partial charge in [0.15, 0.2) is 5.82 Å². The van der Waals surface area contributed by atoms with Crippen molar-refractivity contribution in [3.8, 4) is 17.3 Å². The van der Waals surface area contributed by atoms with E-state index in [0.29, 0.717) is 35.7 Å². The number of carbonyl (C=O) groups is 1. The molecule has 32 heavy (non-hydrogen) atoms. The van der Waals surface area contributed by atoms with Gasteiger partial charge in [-0.3, -0.25) is 4.79 Å². The second-order valence-corrected chi connectivity index (χ2v) is 8.77. The topological polar surface area (TPSA) is 68.2 Å². The maximum atomic E-state index is 13.9. The van der Waals surface area contributed by atoms with E-state index < -0.39 is 5.82 Å². The number of hydrogen-bond acceptors (Lipinski definition) is 5. The number of halogens is 1. The lowest BCUT2D eigenvalue weighted by Gasteiger charge is -2.57. The quantitative estimate of drug-likeness (QED) is 0.601. The largest absolute Gasteiger partial charge is 0.475 e. The molecule has 3 aliphatic rings. The Kier molecular flexibility index (Phi) is 5.33. The molecule has 164 valence electrons. The van der Waals surface area contributed by atoms with Gasteiger partial charge in [-0.15, -0.1) is 0 Å². The molecule has 4 heterocycles. The summed E-state index contributed by atoms with van der Waals surface area (Å²) in [6.45, 7) is 4.48. The van der Waals surface area contributed by atoms with E-state index in [1.807, 2.05) is 30.0 Å². The molecule has 1 aliphatic carbocycles. The highest BCUT2D eigenvalue weighted by Gasteiger charge is 2.51. The van der Waals surface area contributed by atoms with E-state index in [4.69, 9.17) is 4.74 Å². The van der Waals surface area contributed by atoms with Gasteiger partial charge in [0.1, 0.15) is 12.4 Å². The standard InChI is InChI=1S/C25H25FN4O2/c1-15-4-6-20(24-27-8-3-9-28-24)21(10-15)25(31)30-19-11-17(12-19)16(2)22(30)14-32-23-7-5-18(26)13-29-23/h3-10,13,16-17,19,22H,11-12,14H2,1-2H3/t16-,17?,19?,22?/m1/s1. The average Bonchev–Trinajstić information content (AvgIpc) is 2.78. The van der Waals surface area contributed by atoms with E-state index in [0.717, 1.165) is 30.2 Å². The third-order valence-corrected chi connectivity index (χ3v) is 6.80. The summed E-state index contributed by atoms with van der Waals surface area (Å²) < 4.78 is 19.1. The molecule has 6 nitrogen and oxygen atoms in total. The number of carbonyl (C=O) groups excluding carboxylic acids is 1. The highest BCUT2D eigenvalue weighted by Crippen LogP contribution is 2.47. The fraction of sp³-hybridized carbons (Fsp3) is 0.360. The zero-order chi connectivity index (χ0) is 22.2. The second-order valence-electron chi connectivity index (χ2n) is 8.77. The number of ether oxygens (including phenoxy) is 1. The minimum atomic E-state index is -0.406. The first-order valence-corrected chi connectivity index (χ1v) is 11.0. The SMILES string of the molecule is Cc1ccc(-c2ncccn2)c(C(=O)N2C3CC(C3)[C@@H](C)C2COc2ccc(F)cn2)c1. The molecule has 2 atom stereocenters. The molecule has 7 heteroatoms. The third-order valence-electron chi connectivity index (χ3n) is 6.80. The summed E-state index contributed by atoms with van der Waals surface area (Å²) in [6, 6.07) is 10.5. The van der Waals surface area contributed by atoms with E-state index in [1.165, 1.54) is 12.1 Å². The highest BCUT2D eigenvalue weighted by molar-refractivity contribution is 6.01. The van der Waals surface area contributed by atoms with Crippen LogP contribution in [0.25, 0.3) is 11.4 Å². The third kappa shape index (κ3) is 3.72. The summed E-state index contributed by atoms with van der Waals surface area (Å²) >= 11 is 0. The Balaban J connectivity index is 1.46. The predicted molar refractivity (Wildman–Crippen MR) is 118 cm³/mol. The van der Waals surface area contributed by atoms with Gasteiger partial charge in [-0.05, 0) is 49.8 Å². The first kappa shape index (κ1) is 20.5. The normalized spacial score (nSPS) is 24.0. The first-order chi connectivity index (χ1) is 15.5. The van der Waals surface area contributed by atoms with Crippen LogP contribution in [0.1, 0.15) is 35.7 Å².